The smallest absolute Gasteiger partial charge is 0.00527 e. The number of hydrogen-bond donors (Lipinski definition) is 1. The second-order valence-electron chi connectivity index (χ2n) is 6.15. The highest BCUT2D eigenvalue weighted by Gasteiger charge is 2.29. The molecule has 0 rings (SSSR count). The van der Waals surface area contributed by atoms with Gasteiger partial charge in [0.15, 0.2) is 0 Å². The van der Waals surface area contributed by atoms with Crippen molar-refractivity contribution >= 4 is 0 Å². The van der Waals surface area contributed by atoms with Gasteiger partial charge in [0.05, 0.1) is 0 Å². The van der Waals surface area contributed by atoms with Crippen LogP contribution in [-0.4, -0.2) is 37.6 Å². The van der Waals surface area contributed by atoms with Gasteiger partial charge in [0.1, 0.15) is 0 Å². The summed E-state index contributed by atoms with van der Waals surface area (Å²) in [7, 11) is 2.07. The average molecular weight is 242 g/mol. The van der Waals surface area contributed by atoms with Gasteiger partial charge in [-0.25, -0.2) is 0 Å². The zero-order valence-corrected chi connectivity index (χ0v) is 13.1. The minimum atomic E-state index is 0.438. The molecule has 0 radical (unpaired) electrons. The molecule has 0 saturated carbocycles. The van der Waals surface area contributed by atoms with Gasteiger partial charge in [-0.3, -0.25) is 0 Å². The van der Waals surface area contributed by atoms with E-state index in [9.17, 15) is 0 Å². The maximum atomic E-state index is 3.38. The summed E-state index contributed by atoms with van der Waals surface area (Å²) >= 11 is 0. The zero-order valence-electron chi connectivity index (χ0n) is 13.1. The molecule has 2 heteroatoms. The Kier molecular flexibility index (Phi) is 8.06. The van der Waals surface area contributed by atoms with Crippen LogP contribution in [0.2, 0.25) is 0 Å². The lowest BCUT2D eigenvalue weighted by Crippen LogP contribution is -2.46. The molecule has 0 fully saturated rings. The van der Waals surface area contributed by atoms with Gasteiger partial charge in [-0.15, -0.1) is 0 Å². The summed E-state index contributed by atoms with van der Waals surface area (Å²) in [6.07, 6.45) is 2.51. The van der Waals surface area contributed by atoms with Crippen molar-refractivity contribution in [1.29, 1.82) is 0 Å². The Morgan fingerprint density at radius 1 is 1.06 bits per heavy atom. The molecular weight excluding hydrogens is 208 g/mol. The fraction of sp³-hybridized carbons (Fsp3) is 1.00. The van der Waals surface area contributed by atoms with E-state index in [-0.39, 0.29) is 0 Å². The van der Waals surface area contributed by atoms with Crippen LogP contribution in [-0.2, 0) is 0 Å². The number of nitrogens with zero attached hydrogens (tertiary/aromatic N) is 1. The predicted octanol–water partition coefficient (Wildman–Crippen LogP) is 3.38. The fourth-order valence-corrected chi connectivity index (χ4v) is 2.51. The van der Waals surface area contributed by atoms with Crippen LogP contribution in [0.3, 0.4) is 0 Å². The van der Waals surface area contributed by atoms with E-state index >= 15 is 0 Å². The lowest BCUT2D eigenvalue weighted by molar-refractivity contribution is 0.100. The number of nitrogens with one attached hydrogen (secondary N) is 1. The Hall–Kier alpha value is -0.0800. The maximum absolute atomic E-state index is 3.38. The molecule has 17 heavy (non-hydrogen) atoms. The van der Waals surface area contributed by atoms with Crippen LogP contribution in [0, 0.1) is 11.3 Å². The van der Waals surface area contributed by atoms with Gasteiger partial charge in [-0.2, -0.15) is 0 Å². The van der Waals surface area contributed by atoms with Crippen LogP contribution in [0.25, 0.3) is 0 Å². The molecule has 0 saturated heterocycles. The van der Waals surface area contributed by atoms with Crippen LogP contribution in [0.1, 0.15) is 54.4 Å². The van der Waals surface area contributed by atoms with E-state index in [0.29, 0.717) is 11.5 Å². The molecule has 0 aliphatic heterocycles. The summed E-state index contributed by atoms with van der Waals surface area (Å²) in [5.74, 6) is 0.749. The number of rotatable bonds is 9. The van der Waals surface area contributed by atoms with Crippen LogP contribution in [0.5, 0.6) is 0 Å². The first-order valence-electron chi connectivity index (χ1n) is 7.29. The van der Waals surface area contributed by atoms with Crippen molar-refractivity contribution in [2.24, 2.45) is 11.3 Å². The predicted molar refractivity (Wildman–Crippen MR) is 78.5 cm³/mol. The Balaban J connectivity index is 4.66. The Morgan fingerprint density at radius 3 is 1.88 bits per heavy atom. The van der Waals surface area contributed by atoms with E-state index in [1.807, 2.05) is 0 Å². The van der Waals surface area contributed by atoms with Gasteiger partial charge in [0, 0.05) is 25.7 Å². The molecule has 0 spiro atoms. The standard InChI is InChI=1S/C15H34N2/c1-8-15(9-2,11-16-7)12-17(14(5)6)10-13(3)4/h13-14,16H,8-12H2,1-7H3. The Labute approximate surface area is 109 Å². The quantitative estimate of drug-likeness (QED) is 0.667. The largest absolute Gasteiger partial charge is 0.319 e. The van der Waals surface area contributed by atoms with Crippen molar-refractivity contribution in [3.05, 3.63) is 0 Å². The van der Waals surface area contributed by atoms with E-state index < -0.39 is 0 Å². The second kappa shape index (κ2) is 8.10. The molecule has 1 N–H and O–H groups in total. The molecular formula is C15H34N2. The topological polar surface area (TPSA) is 15.3 Å². The number of hydrogen-bond acceptors (Lipinski definition) is 2. The SMILES string of the molecule is CCC(CC)(CNC)CN(CC(C)C)C(C)C. The Bertz CT molecular complexity index is 183. The minimum absolute atomic E-state index is 0.438. The van der Waals surface area contributed by atoms with Crippen LogP contribution in [0.15, 0.2) is 0 Å². The van der Waals surface area contributed by atoms with E-state index in [0.717, 1.165) is 12.5 Å². The maximum Gasteiger partial charge on any atom is 0.00527 e. The normalized spacial score (nSPS) is 13.1. The highest BCUT2D eigenvalue weighted by molar-refractivity contribution is 4.84. The van der Waals surface area contributed by atoms with Crippen LogP contribution < -0.4 is 5.32 Å². The summed E-state index contributed by atoms with van der Waals surface area (Å²) in [4.78, 5) is 2.65. The van der Waals surface area contributed by atoms with E-state index in [2.05, 4.69) is 58.8 Å². The van der Waals surface area contributed by atoms with Gasteiger partial charge in [0.25, 0.3) is 0 Å². The average Bonchev–Trinajstić information content (AvgIpc) is 2.26. The lowest BCUT2D eigenvalue weighted by Gasteiger charge is -2.40. The van der Waals surface area contributed by atoms with Crippen molar-refractivity contribution in [1.82, 2.24) is 10.2 Å². The van der Waals surface area contributed by atoms with Crippen molar-refractivity contribution < 1.29 is 0 Å². The molecule has 0 heterocycles. The highest BCUT2D eigenvalue weighted by Crippen LogP contribution is 2.28. The molecule has 0 aliphatic carbocycles. The van der Waals surface area contributed by atoms with Crippen molar-refractivity contribution in [3.8, 4) is 0 Å². The van der Waals surface area contributed by atoms with Gasteiger partial charge in [0.2, 0.25) is 0 Å². The third-order valence-electron chi connectivity index (χ3n) is 3.92. The van der Waals surface area contributed by atoms with Gasteiger partial charge >= 0.3 is 0 Å². The summed E-state index contributed by atoms with van der Waals surface area (Å²) < 4.78 is 0. The fourth-order valence-electron chi connectivity index (χ4n) is 2.51. The summed E-state index contributed by atoms with van der Waals surface area (Å²) in [5, 5.41) is 3.38. The van der Waals surface area contributed by atoms with Gasteiger partial charge < -0.3 is 10.2 Å². The molecule has 0 bridgehead atoms. The van der Waals surface area contributed by atoms with E-state index in [1.165, 1.54) is 25.9 Å². The second-order valence-corrected chi connectivity index (χ2v) is 6.15. The third kappa shape index (κ3) is 5.87. The molecule has 0 unspecified atom stereocenters. The van der Waals surface area contributed by atoms with Crippen molar-refractivity contribution in [2.45, 2.75) is 60.4 Å². The van der Waals surface area contributed by atoms with Crippen molar-refractivity contribution in [3.63, 3.8) is 0 Å². The Morgan fingerprint density at radius 2 is 1.59 bits per heavy atom. The van der Waals surface area contributed by atoms with Crippen LogP contribution in [0.4, 0.5) is 0 Å². The first-order chi connectivity index (χ1) is 7.90. The summed E-state index contributed by atoms with van der Waals surface area (Å²) in [6.45, 7) is 17.5. The highest BCUT2D eigenvalue weighted by atomic mass is 15.2. The third-order valence-corrected chi connectivity index (χ3v) is 3.92. The van der Waals surface area contributed by atoms with Crippen LogP contribution >= 0.6 is 0 Å². The molecule has 104 valence electrons. The van der Waals surface area contributed by atoms with Gasteiger partial charge in [-0.1, -0.05) is 27.7 Å². The van der Waals surface area contributed by atoms with E-state index in [1.54, 1.807) is 0 Å². The molecule has 2 nitrogen and oxygen atoms in total. The molecule has 0 aromatic carbocycles. The molecule has 0 aromatic rings. The minimum Gasteiger partial charge on any atom is -0.319 e. The first kappa shape index (κ1) is 16.9. The van der Waals surface area contributed by atoms with Gasteiger partial charge in [-0.05, 0) is 45.1 Å². The summed E-state index contributed by atoms with van der Waals surface area (Å²) in [5.41, 5.74) is 0.438. The zero-order chi connectivity index (χ0) is 13.5. The summed E-state index contributed by atoms with van der Waals surface area (Å²) in [6, 6.07) is 0.645. The lowest BCUT2D eigenvalue weighted by atomic mass is 9.81. The molecule has 0 aromatic heterocycles. The van der Waals surface area contributed by atoms with E-state index in [4.69, 9.17) is 0 Å². The molecule has 0 amide bonds. The monoisotopic (exact) mass is 242 g/mol. The van der Waals surface area contributed by atoms with Crippen molar-refractivity contribution in [2.75, 3.05) is 26.7 Å². The first-order valence-corrected chi connectivity index (χ1v) is 7.29. The molecule has 0 aliphatic rings. The molecule has 0 atom stereocenters.